The van der Waals surface area contributed by atoms with Crippen molar-refractivity contribution in [1.29, 1.82) is 0 Å². The van der Waals surface area contributed by atoms with Crippen molar-refractivity contribution in [2.75, 3.05) is 12.4 Å². The quantitative estimate of drug-likeness (QED) is 0.789. The van der Waals surface area contributed by atoms with E-state index in [1.165, 1.54) is 4.68 Å². The van der Waals surface area contributed by atoms with E-state index in [1.54, 1.807) is 32.4 Å². The summed E-state index contributed by atoms with van der Waals surface area (Å²) in [4.78, 5) is 12.4. The van der Waals surface area contributed by atoms with Crippen LogP contribution in [0.2, 0.25) is 0 Å². The molecule has 2 aromatic heterocycles. The van der Waals surface area contributed by atoms with Gasteiger partial charge in [-0.1, -0.05) is 5.92 Å². The molecule has 2 rings (SSSR count). The van der Waals surface area contributed by atoms with Crippen molar-refractivity contribution in [3.8, 4) is 24.3 Å². The lowest BCUT2D eigenvalue weighted by atomic mass is 10.4. The van der Waals surface area contributed by atoms with E-state index >= 15 is 0 Å². The van der Waals surface area contributed by atoms with Crippen LogP contribution in [-0.2, 0) is 0 Å². The second-order valence-corrected chi connectivity index (χ2v) is 3.37. The first-order valence-corrected chi connectivity index (χ1v) is 5.29. The van der Waals surface area contributed by atoms with Crippen LogP contribution in [0.25, 0.3) is 5.95 Å². The molecule has 0 saturated heterocycles. The number of nitrogens with zero attached hydrogens (tertiary/aromatic N) is 5. The maximum Gasteiger partial charge on any atom is 0.324 e. The smallest absolute Gasteiger partial charge is 0.324 e. The largest absolute Gasteiger partial charge is 0.447 e. The predicted molar refractivity (Wildman–Crippen MR) is 65.4 cm³/mol. The second-order valence-electron chi connectivity index (χ2n) is 3.37. The van der Waals surface area contributed by atoms with Crippen molar-refractivity contribution in [3.05, 3.63) is 18.5 Å². The zero-order valence-corrected chi connectivity index (χ0v) is 10.0. The van der Waals surface area contributed by atoms with Gasteiger partial charge in [-0.25, -0.2) is 4.68 Å². The number of hydrogen-bond donors (Lipinski definition) is 1. The number of nitrogens with one attached hydrogen (secondary N) is 1. The molecular weight excluding hydrogens is 232 g/mol. The van der Waals surface area contributed by atoms with E-state index in [-0.39, 0.29) is 6.01 Å². The number of ether oxygens (including phenoxy) is 1. The van der Waals surface area contributed by atoms with Crippen LogP contribution < -0.4 is 10.1 Å². The van der Waals surface area contributed by atoms with Crippen LogP contribution in [0.15, 0.2) is 18.5 Å². The predicted octanol–water partition coefficient (Wildman–Crippen LogP) is 0.499. The molecule has 92 valence electrons. The van der Waals surface area contributed by atoms with Crippen molar-refractivity contribution in [1.82, 2.24) is 24.7 Å². The third-order valence-electron chi connectivity index (χ3n) is 2.05. The molecule has 2 heterocycles. The number of terminal acetylenes is 1. The minimum absolute atomic E-state index is 0.158. The topological polar surface area (TPSA) is 77.8 Å². The van der Waals surface area contributed by atoms with Crippen LogP contribution in [0.3, 0.4) is 0 Å². The summed E-state index contributed by atoms with van der Waals surface area (Å²) in [6.07, 6.45) is 8.19. The zero-order chi connectivity index (χ0) is 13.0. The van der Waals surface area contributed by atoms with E-state index in [0.717, 1.165) is 0 Å². The van der Waals surface area contributed by atoms with Gasteiger partial charge in [0.2, 0.25) is 5.95 Å². The molecule has 0 aliphatic rings. The minimum Gasteiger partial charge on any atom is -0.447 e. The van der Waals surface area contributed by atoms with Crippen LogP contribution in [0.4, 0.5) is 5.95 Å². The summed E-state index contributed by atoms with van der Waals surface area (Å²) in [5.74, 6) is 3.18. The van der Waals surface area contributed by atoms with E-state index in [1.807, 2.05) is 0 Å². The average molecular weight is 244 g/mol. The van der Waals surface area contributed by atoms with Crippen LogP contribution in [0.1, 0.15) is 6.92 Å². The molecule has 7 heteroatoms. The molecule has 0 aliphatic heterocycles. The summed E-state index contributed by atoms with van der Waals surface area (Å²) in [5, 5.41) is 6.87. The molecule has 1 unspecified atom stereocenters. The molecule has 2 aromatic rings. The Morgan fingerprint density at radius 1 is 1.44 bits per heavy atom. The fourth-order valence-corrected chi connectivity index (χ4v) is 1.19. The SMILES string of the molecule is C#CC(C)Oc1nc(NC)nc(-n2cccn2)n1. The fourth-order valence-electron chi connectivity index (χ4n) is 1.19. The third-order valence-corrected chi connectivity index (χ3v) is 2.05. The maximum atomic E-state index is 5.37. The normalized spacial score (nSPS) is 11.6. The number of hydrogen-bond acceptors (Lipinski definition) is 6. The molecule has 0 saturated carbocycles. The summed E-state index contributed by atoms with van der Waals surface area (Å²) in [7, 11) is 1.70. The maximum absolute atomic E-state index is 5.37. The van der Waals surface area contributed by atoms with E-state index < -0.39 is 6.10 Å². The van der Waals surface area contributed by atoms with Gasteiger partial charge in [0.1, 0.15) is 0 Å². The van der Waals surface area contributed by atoms with Gasteiger partial charge < -0.3 is 10.1 Å². The first-order valence-electron chi connectivity index (χ1n) is 5.29. The Morgan fingerprint density at radius 3 is 2.89 bits per heavy atom. The molecule has 18 heavy (non-hydrogen) atoms. The molecule has 0 spiro atoms. The molecule has 0 aliphatic carbocycles. The molecular formula is C11H12N6O. The van der Waals surface area contributed by atoms with Crippen molar-refractivity contribution < 1.29 is 4.74 Å². The van der Waals surface area contributed by atoms with Gasteiger partial charge in [0, 0.05) is 19.4 Å². The Kier molecular flexibility index (Phi) is 3.38. The summed E-state index contributed by atoms with van der Waals surface area (Å²) < 4.78 is 6.88. The monoisotopic (exact) mass is 244 g/mol. The van der Waals surface area contributed by atoms with E-state index in [9.17, 15) is 0 Å². The molecule has 0 aromatic carbocycles. The van der Waals surface area contributed by atoms with Crippen LogP contribution >= 0.6 is 0 Å². The van der Waals surface area contributed by atoms with Gasteiger partial charge in [0.25, 0.3) is 5.95 Å². The van der Waals surface area contributed by atoms with Gasteiger partial charge in [0.15, 0.2) is 6.10 Å². The van der Waals surface area contributed by atoms with Gasteiger partial charge in [-0.2, -0.15) is 20.1 Å². The Morgan fingerprint density at radius 2 is 2.28 bits per heavy atom. The van der Waals surface area contributed by atoms with Gasteiger partial charge >= 0.3 is 6.01 Å². The highest BCUT2D eigenvalue weighted by Gasteiger charge is 2.10. The minimum atomic E-state index is -0.414. The Labute approximate surface area is 104 Å². The van der Waals surface area contributed by atoms with E-state index in [2.05, 4.69) is 31.3 Å². The third kappa shape index (κ3) is 2.55. The summed E-state index contributed by atoms with van der Waals surface area (Å²) in [6.45, 7) is 1.73. The Hall–Kier alpha value is -2.62. The average Bonchev–Trinajstić information content (AvgIpc) is 2.92. The zero-order valence-electron chi connectivity index (χ0n) is 10.0. The molecule has 7 nitrogen and oxygen atoms in total. The number of rotatable bonds is 4. The Bertz CT molecular complexity index is 559. The summed E-state index contributed by atoms with van der Waals surface area (Å²) in [6, 6.07) is 1.93. The highest BCUT2D eigenvalue weighted by Crippen LogP contribution is 2.11. The van der Waals surface area contributed by atoms with Crippen molar-refractivity contribution >= 4 is 5.95 Å². The van der Waals surface area contributed by atoms with Gasteiger partial charge in [-0.05, 0) is 13.0 Å². The Balaban J connectivity index is 2.37. The van der Waals surface area contributed by atoms with E-state index in [0.29, 0.717) is 11.9 Å². The van der Waals surface area contributed by atoms with Gasteiger partial charge in [-0.15, -0.1) is 6.42 Å². The lowest BCUT2D eigenvalue weighted by Gasteiger charge is -2.09. The second kappa shape index (κ2) is 5.14. The highest BCUT2D eigenvalue weighted by molar-refractivity contribution is 5.29. The van der Waals surface area contributed by atoms with Crippen molar-refractivity contribution in [3.63, 3.8) is 0 Å². The van der Waals surface area contributed by atoms with Crippen molar-refractivity contribution in [2.24, 2.45) is 0 Å². The number of aromatic nitrogens is 5. The molecule has 0 radical (unpaired) electrons. The summed E-state index contributed by atoms with van der Waals surface area (Å²) in [5.41, 5.74) is 0. The van der Waals surface area contributed by atoms with Crippen LogP contribution in [-0.4, -0.2) is 37.9 Å². The standard InChI is InChI=1S/C11H12N6O/c1-4-8(2)18-11-15-9(12-3)14-10(16-11)17-7-5-6-13-17/h1,5-8H,2-3H3,(H,12,14,15,16). The first kappa shape index (κ1) is 11.9. The lowest BCUT2D eigenvalue weighted by Crippen LogP contribution is -2.14. The van der Waals surface area contributed by atoms with Gasteiger partial charge in [-0.3, -0.25) is 0 Å². The highest BCUT2D eigenvalue weighted by atomic mass is 16.5. The summed E-state index contributed by atoms with van der Waals surface area (Å²) >= 11 is 0. The molecule has 0 amide bonds. The van der Waals surface area contributed by atoms with Gasteiger partial charge in [0.05, 0.1) is 0 Å². The lowest BCUT2D eigenvalue weighted by molar-refractivity contribution is 0.255. The number of anilines is 1. The van der Waals surface area contributed by atoms with Crippen molar-refractivity contribution in [2.45, 2.75) is 13.0 Å². The van der Waals surface area contributed by atoms with E-state index in [4.69, 9.17) is 11.2 Å². The molecule has 0 bridgehead atoms. The fraction of sp³-hybridized carbons (Fsp3) is 0.273. The molecule has 1 atom stereocenters. The van der Waals surface area contributed by atoms with Crippen LogP contribution in [0, 0.1) is 12.3 Å². The van der Waals surface area contributed by atoms with Crippen LogP contribution in [0.5, 0.6) is 6.01 Å². The first-order chi connectivity index (χ1) is 8.72. The molecule has 1 N–H and O–H groups in total. The molecule has 0 fully saturated rings.